The van der Waals surface area contributed by atoms with Gasteiger partial charge in [-0.05, 0) is 31.9 Å². The molecule has 5 heteroatoms. The van der Waals surface area contributed by atoms with E-state index in [0.29, 0.717) is 17.1 Å². The molecular weight excluding hydrogens is 273 g/mol. The van der Waals surface area contributed by atoms with Crippen LogP contribution in [0.1, 0.15) is 25.3 Å². The van der Waals surface area contributed by atoms with E-state index in [2.05, 4.69) is 12.2 Å². The highest BCUT2D eigenvalue weighted by Crippen LogP contribution is 2.31. The Kier molecular flexibility index (Phi) is 4.38. The summed E-state index contributed by atoms with van der Waals surface area (Å²) in [6.45, 7) is 4.19. The fourth-order valence-electron chi connectivity index (χ4n) is 2.19. The highest BCUT2D eigenvalue weighted by atomic mass is 35.5. The number of benzene rings is 1. The molecular formula is C13H17Cl2NO2. The fraction of sp³-hybridized carbons (Fsp3) is 0.538. The molecule has 1 atom stereocenters. The van der Waals surface area contributed by atoms with Gasteiger partial charge in [0.1, 0.15) is 5.75 Å². The summed E-state index contributed by atoms with van der Waals surface area (Å²) in [7, 11) is 0. The van der Waals surface area contributed by atoms with Gasteiger partial charge in [0, 0.05) is 30.3 Å². The van der Waals surface area contributed by atoms with Gasteiger partial charge in [-0.1, -0.05) is 23.2 Å². The van der Waals surface area contributed by atoms with Crippen LogP contribution in [-0.4, -0.2) is 23.9 Å². The van der Waals surface area contributed by atoms with Crippen molar-refractivity contribution in [2.24, 2.45) is 0 Å². The Bertz CT molecular complexity index is 431. The molecule has 1 aliphatic heterocycles. The van der Waals surface area contributed by atoms with Crippen LogP contribution in [0.3, 0.4) is 0 Å². The van der Waals surface area contributed by atoms with Crippen LogP contribution in [0.5, 0.6) is 5.75 Å². The predicted molar refractivity (Wildman–Crippen MR) is 73.4 cm³/mol. The smallest absolute Gasteiger partial charge is 0.138 e. The van der Waals surface area contributed by atoms with Crippen molar-refractivity contribution in [1.29, 1.82) is 0 Å². The summed E-state index contributed by atoms with van der Waals surface area (Å²) in [6.07, 6.45) is 2.16. The third-order valence-electron chi connectivity index (χ3n) is 3.22. The van der Waals surface area contributed by atoms with Crippen molar-refractivity contribution >= 4 is 23.2 Å². The van der Waals surface area contributed by atoms with Gasteiger partial charge in [-0.15, -0.1) is 0 Å². The van der Waals surface area contributed by atoms with Crippen LogP contribution < -0.4 is 5.32 Å². The molecule has 1 fully saturated rings. The van der Waals surface area contributed by atoms with E-state index in [0.717, 1.165) is 26.0 Å². The predicted octanol–water partition coefficient (Wildman–Crippen LogP) is 3.36. The molecule has 1 aliphatic rings. The molecule has 0 aliphatic carbocycles. The molecule has 3 nitrogen and oxygen atoms in total. The lowest BCUT2D eigenvalue weighted by Gasteiger charge is -2.23. The Labute approximate surface area is 117 Å². The summed E-state index contributed by atoms with van der Waals surface area (Å²) in [6, 6.07) is 3.25. The molecule has 0 saturated carbocycles. The molecule has 0 aromatic heterocycles. The highest BCUT2D eigenvalue weighted by molar-refractivity contribution is 6.35. The van der Waals surface area contributed by atoms with Crippen LogP contribution in [0.25, 0.3) is 0 Å². The maximum Gasteiger partial charge on any atom is 0.138 e. The van der Waals surface area contributed by atoms with Crippen LogP contribution in [-0.2, 0) is 11.3 Å². The SMILES string of the molecule is CC1(CNCc2cc(Cl)cc(Cl)c2O)CCCO1. The first kappa shape index (κ1) is 13.9. The molecule has 0 spiro atoms. The fourth-order valence-corrected chi connectivity index (χ4v) is 2.73. The maximum atomic E-state index is 9.82. The first-order valence-corrected chi connectivity index (χ1v) is 6.77. The van der Waals surface area contributed by atoms with E-state index in [-0.39, 0.29) is 16.4 Å². The summed E-state index contributed by atoms with van der Waals surface area (Å²) in [5, 5.41) is 13.9. The molecule has 0 bridgehead atoms. The van der Waals surface area contributed by atoms with Crippen LogP contribution in [0, 0.1) is 0 Å². The number of hydrogen-bond acceptors (Lipinski definition) is 3. The van der Waals surface area contributed by atoms with Crippen molar-refractivity contribution in [2.45, 2.75) is 31.9 Å². The summed E-state index contributed by atoms with van der Waals surface area (Å²) in [5.41, 5.74) is 0.604. The first-order valence-electron chi connectivity index (χ1n) is 6.02. The molecule has 100 valence electrons. The van der Waals surface area contributed by atoms with E-state index in [4.69, 9.17) is 27.9 Å². The van der Waals surface area contributed by atoms with Crippen LogP contribution in [0.4, 0.5) is 0 Å². The van der Waals surface area contributed by atoms with Crippen LogP contribution in [0.15, 0.2) is 12.1 Å². The van der Waals surface area contributed by atoms with E-state index in [9.17, 15) is 5.11 Å². The van der Waals surface area contributed by atoms with Gasteiger partial charge in [0.2, 0.25) is 0 Å². The third-order valence-corrected chi connectivity index (χ3v) is 3.73. The Balaban J connectivity index is 1.94. The maximum absolute atomic E-state index is 9.82. The number of rotatable bonds is 4. The van der Waals surface area contributed by atoms with Crippen molar-refractivity contribution in [1.82, 2.24) is 5.32 Å². The molecule has 0 amide bonds. The molecule has 1 aromatic rings. The average Bonchev–Trinajstić information content (AvgIpc) is 2.72. The van der Waals surface area contributed by atoms with Crippen molar-refractivity contribution in [3.63, 3.8) is 0 Å². The second kappa shape index (κ2) is 5.66. The Morgan fingerprint density at radius 1 is 1.44 bits per heavy atom. The molecule has 2 rings (SSSR count). The largest absolute Gasteiger partial charge is 0.506 e. The normalized spacial score (nSPS) is 23.5. The zero-order chi connectivity index (χ0) is 13.2. The third kappa shape index (κ3) is 3.29. The average molecular weight is 290 g/mol. The van der Waals surface area contributed by atoms with Gasteiger partial charge < -0.3 is 15.2 Å². The van der Waals surface area contributed by atoms with Gasteiger partial charge >= 0.3 is 0 Å². The monoisotopic (exact) mass is 289 g/mol. The van der Waals surface area contributed by atoms with Crippen molar-refractivity contribution in [2.75, 3.05) is 13.2 Å². The zero-order valence-electron chi connectivity index (χ0n) is 10.3. The number of halogens is 2. The molecule has 0 radical (unpaired) electrons. The number of hydrogen-bond donors (Lipinski definition) is 2. The summed E-state index contributed by atoms with van der Waals surface area (Å²) < 4.78 is 5.68. The zero-order valence-corrected chi connectivity index (χ0v) is 11.8. The van der Waals surface area contributed by atoms with Crippen LogP contribution >= 0.6 is 23.2 Å². The van der Waals surface area contributed by atoms with Gasteiger partial charge in [0.25, 0.3) is 0 Å². The van der Waals surface area contributed by atoms with Gasteiger partial charge in [-0.2, -0.15) is 0 Å². The first-order chi connectivity index (χ1) is 8.50. The Morgan fingerprint density at radius 2 is 2.22 bits per heavy atom. The minimum Gasteiger partial charge on any atom is -0.506 e. The minimum atomic E-state index is -0.0992. The summed E-state index contributed by atoms with van der Waals surface area (Å²) in [5.74, 6) is 0.0889. The van der Waals surface area contributed by atoms with E-state index >= 15 is 0 Å². The second-order valence-electron chi connectivity index (χ2n) is 4.90. The lowest BCUT2D eigenvalue weighted by atomic mass is 10.0. The van der Waals surface area contributed by atoms with E-state index in [1.807, 2.05) is 0 Å². The molecule has 1 aromatic carbocycles. The number of phenols is 1. The van der Waals surface area contributed by atoms with E-state index in [1.165, 1.54) is 6.07 Å². The van der Waals surface area contributed by atoms with Crippen LogP contribution in [0.2, 0.25) is 10.0 Å². The lowest BCUT2D eigenvalue weighted by molar-refractivity contribution is 0.0206. The molecule has 18 heavy (non-hydrogen) atoms. The topological polar surface area (TPSA) is 41.5 Å². The Morgan fingerprint density at radius 3 is 2.89 bits per heavy atom. The number of nitrogens with one attached hydrogen (secondary N) is 1. The number of phenolic OH excluding ortho intramolecular Hbond substituents is 1. The van der Waals surface area contributed by atoms with Crippen molar-refractivity contribution in [3.8, 4) is 5.75 Å². The quantitative estimate of drug-likeness (QED) is 0.893. The summed E-state index contributed by atoms with van der Waals surface area (Å²) in [4.78, 5) is 0. The Hall–Kier alpha value is -0.480. The lowest BCUT2D eigenvalue weighted by Crippen LogP contribution is -2.36. The van der Waals surface area contributed by atoms with E-state index < -0.39 is 0 Å². The minimum absolute atomic E-state index is 0.0889. The standard InChI is InChI=1S/C13H17Cl2NO2/c1-13(3-2-4-18-13)8-16-7-9-5-10(14)6-11(15)12(9)17/h5-6,16-17H,2-4,7-8H2,1H3. The van der Waals surface area contributed by atoms with Gasteiger partial charge in [-0.25, -0.2) is 0 Å². The molecule has 2 N–H and O–H groups in total. The van der Waals surface area contributed by atoms with E-state index in [1.54, 1.807) is 6.07 Å². The highest BCUT2D eigenvalue weighted by Gasteiger charge is 2.29. The van der Waals surface area contributed by atoms with Crippen molar-refractivity contribution in [3.05, 3.63) is 27.7 Å². The van der Waals surface area contributed by atoms with Gasteiger partial charge in [0.05, 0.1) is 10.6 Å². The van der Waals surface area contributed by atoms with Gasteiger partial charge in [-0.3, -0.25) is 0 Å². The number of ether oxygens (including phenoxy) is 1. The molecule has 1 heterocycles. The molecule has 1 saturated heterocycles. The number of aromatic hydroxyl groups is 1. The second-order valence-corrected chi connectivity index (χ2v) is 5.74. The molecule has 1 unspecified atom stereocenters. The van der Waals surface area contributed by atoms with Crippen molar-refractivity contribution < 1.29 is 9.84 Å². The summed E-state index contributed by atoms with van der Waals surface area (Å²) >= 11 is 11.8. The van der Waals surface area contributed by atoms with Gasteiger partial charge in [0.15, 0.2) is 0 Å².